The van der Waals surface area contributed by atoms with E-state index in [-0.39, 0.29) is 24.8 Å². The summed E-state index contributed by atoms with van der Waals surface area (Å²) in [5.41, 5.74) is 1.36. The van der Waals surface area contributed by atoms with Crippen LogP contribution in [0.1, 0.15) is 5.56 Å². The number of ether oxygens (including phenoxy) is 2. The van der Waals surface area contributed by atoms with Gasteiger partial charge in [0.15, 0.2) is 11.5 Å². The zero-order valence-electron chi connectivity index (χ0n) is 14.9. The Labute approximate surface area is 157 Å². The quantitative estimate of drug-likeness (QED) is 0.806. The molecule has 0 heterocycles. The van der Waals surface area contributed by atoms with E-state index >= 15 is 0 Å². The number of nitrogens with one attached hydrogen (secondary N) is 1. The van der Waals surface area contributed by atoms with Gasteiger partial charge in [-0.1, -0.05) is 23.7 Å². The Balaban J connectivity index is 1.93. The van der Waals surface area contributed by atoms with Gasteiger partial charge in [-0.25, -0.2) is 0 Å². The Morgan fingerprint density at radius 3 is 2.46 bits per heavy atom. The third-order valence-corrected chi connectivity index (χ3v) is 3.95. The number of methoxy groups -OCH3 is 2. The van der Waals surface area contributed by atoms with Gasteiger partial charge < -0.3 is 19.7 Å². The molecule has 0 spiro atoms. The van der Waals surface area contributed by atoms with Crippen LogP contribution in [0.4, 0.5) is 5.69 Å². The van der Waals surface area contributed by atoms with Crippen LogP contribution in [0.15, 0.2) is 42.5 Å². The van der Waals surface area contributed by atoms with E-state index < -0.39 is 0 Å². The maximum absolute atomic E-state index is 12.4. The molecule has 2 aromatic carbocycles. The Morgan fingerprint density at radius 1 is 1.08 bits per heavy atom. The van der Waals surface area contributed by atoms with Crippen LogP contribution in [0.3, 0.4) is 0 Å². The molecule has 0 radical (unpaired) electrons. The predicted octanol–water partition coefficient (Wildman–Crippen LogP) is 3.00. The van der Waals surface area contributed by atoms with Crippen molar-refractivity contribution in [2.75, 3.05) is 33.1 Å². The fraction of sp³-hybridized carbons (Fsp3) is 0.263. The molecule has 2 aromatic rings. The predicted molar refractivity (Wildman–Crippen MR) is 101 cm³/mol. The zero-order chi connectivity index (χ0) is 19.1. The van der Waals surface area contributed by atoms with Crippen LogP contribution < -0.4 is 14.8 Å². The molecule has 2 amide bonds. The number of hydrogen-bond acceptors (Lipinski definition) is 4. The van der Waals surface area contributed by atoms with Crippen LogP contribution in [0, 0.1) is 0 Å². The molecular formula is C19H21ClN2O4. The molecule has 26 heavy (non-hydrogen) atoms. The molecule has 0 saturated carbocycles. The highest BCUT2D eigenvalue weighted by Gasteiger charge is 2.15. The lowest BCUT2D eigenvalue weighted by molar-refractivity contribution is -0.132. The Morgan fingerprint density at radius 2 is 1.81 bits per heavy atom. The summed E-state index contributed by atoms with van der Waals surface area (Å²) in [6, 6.07) is 12.1. The number of rotatable bonds is 7. The monoisotopic (exact) mass is 376 g/mol. The van der Waals surface area contributed by atoms with Gasteiger partial charge in [-0.15, -0.1) is 0 Å². The minimum atomic E-state index is -0.296. The summed E-state index contributed by atoms with van der Waals surface area (Å²) in [6.07, 6.45) is 0.154. The van der Waals surface area contributed by atoms with E-state index in [0.29, 0.717) is 22.2 Å². The lowest BCUT2D eigenvalue weighted by Gasteiger charge is -2.17. The second-order valence-corrected chi connectivity index (χ2v) is 6.11. The zero-order valence-corrected chi connectivity index (χ0v) is 15.7. The summed E-state index contributed by atoms with van der Waals surface area (Å²) >= 11 is 5.89. The number of carbonyl (C=O) groups excluding carboxylic acids is 2. The lowest BCUT2D eigenvalue weighted by Crippen LogP contribution is -2.35. The van der Waals surface area contributed by atoms with Crippen LogP contribution in [-0.4, -0.2) is 44.5 Å². The first-order valence-electron chi connectivity index (χ1n) is 7.93. The largest absolute Gasteiger partial charge is 0.493 e. The summed E-state index contributed by atoms with van der Waals surface area (Å²) in [4.78, 5) is 25.8. The van der Waals surface area contributed by atoms with Gasteiger partial charge in [0.25, 0.3) is 0 Å². The smallest absolute Gasteiger partial charge is 0.243 e. The van der Waals surface area contributed by atoms with Crippen molar-refractivity contribution < 1.29 is 19.1 Å². The van der Waals surface area contributed by atoms with Crippen molar-refractivity contribution >= 4 is 29.1 Å². The number of carbonyl (C=O) groups is 2. The van der Waals surface area contributed by atoms with E-state index in [1.165, 1.54) is 12.0 Å². The SMILES string of the molecule is COc1ccc(CC(=O)N(C)CC(=O)Nc2cccc(Cl)c2)cc1OC. The summed E-state index contributed by atoms with van der Waals surface area (Å²) in [5.74, 6) is 0.672. The van der Waals surface area contributed by atoms with Crippen molar-refractivity contribution in [2.24, 2.45) is 0 Å². The highest BCUT2D eigenvalue weighted by molar-refractivity contribution is 6.30. The van der Waals surface area contributed by atoms with E-state index in [4.69, 9.17) is 21.1 Å². The normalized spacial score (nSPS) is 10.2. The molecule has 0 fully saturated rings. The van der Waals surface area contributed by atoms with Gasteiger partial charge in [0.05, 0.1) is 27.2 Å². The molecule has 0 unspecified atom stereocenters. The minimum Gasteiger partial charge on any atom is -0.493 e. The number of nitrogens with zero attached hydrogens (tertiary/aromatic N) is 1. The van der Waals surface area contributed by atoms with Gasteiger partial charge in [-0.05, 0) is 35.9 Å². The van der Waals surface area contributed by atoms with Crippen LogP contribution in [0.5, 0.6) is 11.5 Å². The molecule has 0 aliphatic carbocycles. The Bertz CT molecular complexity index is 795. The number of likely N-dealkylation sites (N-methyl/N-ethyl adjacent to an activating group) is 1. The number of benzene rings is 2. The Kier molecular flexibility index (Phi) is 6.86. The van der Waals surface area contributed by atoms with Gasteiger partial charge in [-0.3, -0.25) is 9.59 Å². The van der Waals surface area contributed by atoms with Gasteiger partial charge in [0.1, 0.15) is 0 Å². The third-order valence-electron chi connectivity index (χ3n) is 3.72. The highest BCUT2D eigenvalue weighted by Crippen LogP contribution is 2.27. The van der Waals surface area contributed by atoms with E-state index in [9.17, 15) is 9.59 Å². The second kappa shape index (κ2) is 9.10. The Hall–Kier alpha value is -2.73. The van der Waals surface area contributed by atoms with Crippen molar-refractivity contribution in [3.8, 4) is 11.5 Å². The molecule has 0 aromatic heterocycles. The molecule has 7 heteroatoms. The fourth-order valence-corrected chi connectivity index (χ4v) is 2.56. The molecule has 2 rings (SSSR count). The van der Waals surface area contributed by atoms with Crippen molar-refractivity contribution in [3.63, 3.8) is 0 Å². The van der Waals surface area contributed by atoms with E-state index in [2.05, 4.69) is 5.32 Å². The molecule has 0 aliphatic rings. The molecule has 0 bridgehead atoms. The molecule has 0 atom stereocenters. The topological polar surface area (TPSA) is 67.9 Å². The fourth-order valence-electron chi connectivity index (χ4n) is 2.37. The van der Waals surface area contributed by atoms with E-state index in [0.717, 1.165) is 5.56 Å². The van der Waals surface area contributed by atoms with Crippen LogP contribution in [-0.2, 0) is 16.0 Å². The number of anilines is 1. The molecule has 1 N–H and O–H groups in total. The third kappa shape index (κ3) is 5.39. The highest BCUT2D eigenvalue weighted by atomic mass is 35.5. The minimum absolute atomic E-state index is 0.0569. The van der Waals surface area contributed by atoms with Crippen molar-refractivity contribution in [2.45, 2.75) is 6.42 Å². The molecule has 138 valence electrons. The molecule has 0 aliphatic heterocycles. The number of hydrogen-bond donors (Lipinski definition) is 1. The standard InChI is InChI=1S/C19H21ClN2O4/c1-22(12-18(23)21-15-6-4-5-14(20)11-15)19(24)10-13-7-8-16(25-2)17(9-13)26-3/h4-9,11H,10,12H2,1-3H3,(H,21,23). The second-order valence-electron chi connectivity index (χ2n) is 5.67. The first-order chi connectivity index (χ1) is 12.4. The maximum atomic E-state index is 12.4. The molecular weight excluding hydrogens is 356 g/mol. The van der Waals surface area contributed by atoms with Crippen LogP contribution in [0.2, 0.25) is 5.02 Å². The van der Waals surface area contributed by atoms with Crippen molar-refractivity contribution in [3.05, 3.63) is 53.1 Å². The first kappa shape index (κ1) is 19.6. The lowest BCUT2D eigenvalue weighted by atomic mass is 10.1. The number of amides is 2. The maximum Gasteiger partial charge on any atom is 0.243 e. The average molecular weight is 377 g/mol. The molecule has 6 nitrogen and oxygen atoms in total. The van der Waals surface area contributed by atoms with Gasteiger partial charge >= 0.3 is 0 Å². The van der Waals surface area contributed by atoms with Gasteiger partial charge in [0, 0.05) is 17.8 Å². The van der Waals surface area contributed by atoms with Crippen molar-refractivity contribution in [1.82, 2.24) is 4.90 Å². The van der Waals surface area contributed by atoms with Crippen molar-refractivity contribution in [1.29, 1.82) is 0 Å². The summed E-state index contributed by atoms with van der Waals surface area (Å²) in [6.45, 7) is -0.0569. The van der Waals surface area contributed by atoms with Gasteiger partial charge in [0.2, 0.25) is 11.8 Å². The summed E-state index contributed by atoms with van der Waals surface area (Å²) in [5, 5.41) is 3.24. The average Bonchev–Trinajstić information content (AvgIpc) is 2.61. The first-order valence-corrected chi connectivity index (χ1v) is 8.31. The summed E-state index contributed by atoms with van der Waals surface area (Å²) < 4.78 is 10.4. The molecule has 0 saturated heterocycles. The van der Waals surface area contributed by atoms with E-state index in [1.54, 1.807) is 56.6 Å². The van der Waals surface area contributed by atoms with Crippen LogP contribution >= 0.6 is 11.6 Å². The number of halogens is 1. The van der Waals surface area contributed by atoms with Crippen LogP contribution in [0.25, 0.3) is 0 Å². The summed E-state index contributed by atoms with van der Waals surface area (Å²) in [7, 11) is 4.67. The van der Waals surface area contributed by atoms with Gasteiger partial charge in [-0.2, -0.15) is 0 Å². The van der Waals surface area contributed by atoms with E-state index in [1.807, 2.05) is 0 Å².